The van der Waals surface area contributed by atoms with Crippen molar-refractivity contribution in [2.24, 2.45) is 5.73 Å². The second kappa shape index (κ2) is 5.52. The Hall–Kier alpha value is -1.06. The Labute approximate surface area is 104 Å². The molecule has 0 unspecified atom stereocenters. The smallest absolute Gasteiger partial charge is 0.119 e. The highest BCUT2D eigenvalue weighted by atomic mass is 16.5. The molecule has 0 aliphatic carbocycles. The molecule has 0 saturated carbocycles. The van der Waals surface area contributed by atoms with Crippen molar-refractivity contribution in [1.29, 1.82) is 0 Å². The van der Waals surface area contributed by atoms with Gasteiger partial charge in [-0.1, -0.05) is 19.1 Å². The Morgan fingerprint density at radius 2 is 2.00 bits per heavy atom. The first-order valence-electron chi connectivity index (χ1n) is 6.37. The molecule has 3 nitrogen and oxygen atoms in total. The summed E-state index contributed by atoms with van der Waals surface area (Å²) in [5, 5.41) is 0. The van der Waals surface area contributed by atoms with Gasteiger partial charge in [0.1, 0.15) is 5.75 Å². The van der Waals surface area contributed by atoms with Gasteiger partial charge in [0.05, 0.1) is 6.61 Å². The van der Waals surface area contributed by atoms with Gasteiger partial charge >= 0.3 is 0 Å². The van der Waals surface area contributed by atoms with E-state index < -0.39 is 0 Å². The predicted octanol–water partition coefficient (Wildman–Crippen LogP) is 1.83. The summed E-state index contributed by atoms with van der Waals surface area (Å²) >= 11 is 0. The first-order valence-corrected chi connectivity index (χ1v) is 6.37. The van der Waals surface area contributed by atoms with Crippen molar-refractivity contribution in [2.75, 3.05) is 26.7 Å². The van der Waals surface area contributed by atoms with Crippen molar-refractivity contribution in [1.82, 2.24) is 4.90 Å². The number of nitrogens with zero attached hydrogens (tertiary/aromatic N) is 1. The average molecular weight is 234 g/mol. The fraction of sp³-hybridized carbons (Fsp3) is 0.571. The van der Waals surface area contributed by atoms with Crippen molar-refractivity contribution in [3.05, 3.63) is 29.8 Å². The number of ether oxygens (including phenoxy) is 1. The number of benzene rings is 1. The molecule has 1 fully saturated rings. The summed E-state index contributed by atoms with van der Waals surface area (Å²) in [7, 11) is 2.12. The molecule has 1 aromatic rings. The third kappa shape index (κ3) is 2.99. The van der Waals surface area contributed by atoms with E-state index in [1.54, 1.807) is 0 Å². The van der Waals surface area contributed by atoms with Crippen LogP contribution in [0, 0.1) is 0 Å². The maximum absolute atomic E-state index is 6.15. The van der Waals surface area contributed by atoms with E-state index >= 15 is 0 Å². The lowest BCUT2D eigenvalue weighted by atomic mass is 9.95. The summed E-state index contributed by atoms with van der Waals surface area (Å²) in [5.74, 6) is 1.41. The van der Waals surface area contributed by atoms with E-state index in [9.17, 15) is 0 Å². The Kier molecular flexibility index (Phi) is 4.02. The Balaban J connectivity index is 2.02. The summed E-state index contributed by atoms with van der Waals surface area (Å²) in [6.45, 7) is 4.93. The summed E-state index contributed by atoms with van der Waals surface area (Å²) in [6.07, 6.45) is 1.04. The van der Waals surface area contributed by atoms with Crippen LogP contribution < -0.4 is 10.5 Å². The van der Waals surface area contributed by atoms with E-state index in [-0.39, 0.29) is 6.04 Å². The lowest BCUT2D eigenvalue weighted by Gasteiger charge is -2.15. The lowest BCUT2D eigenvalue weighted by Crippen LogP contribution is -2.27. The molecule has 1 saturated heterocycles. The van der Waals surface area contributed by atoms with Gasteiger partial charge in [0.25, 0.3) is 0 Å². The largest absolute Gasteiger partial charge is 0.494 e. The number of hydrogen-bond donors (Lipinski definition) is 1. The molecule has 2 atom stereocenters. The van der Waals surface area contributed by atoms with Crippen molar-refractivity contribution in [2.45, 2.75) is 25.3 Å². The van der Waals surface area contributed by atoms with E-state index in [0.29, 0.717) is 5.92 Å². The van der Waals surface area contributed by atoms with Crippen LogP contribution in [0.5, 0.6) is 5.75 Å². The van der Waals surface area contributed by atoms with E-state index in [0.717, 1.165) is 31.9 Å². The van der Waals surface area contributed by atoms with Gasteiger partial charge in [0, 0.05) is 25.0 Å². The zero-order chi connectivity index (χ0) is 12.3. The van der Waals surface area contributed by atoms with Crippen LogP contribution in [0.4, 0.5) is 0 Å². The maximum atomic E-state index is 6.15. The number of likely N-dealkylation sites (tertiary alicyclic amines) is 1. The summed E-state index contributed by atoms with van der Waals surface area (Å²) in [6, 6.07) is 8.65. The first kappa shape index (κ1) is 12.4. The highest BCUT2D eigenvalue weighted by Gasteiger charge is 2.28. The maximum Gasteiger partial charge on any atom is 0.119 e. The van der Waals surface area contributed by atoms with Crippen molar-refractivity contribution >= 4 is 0 Å². The van der Waals surface area contributed by atoms with Gasteiger partial charge in [0.2, 0.25) is 0 Å². The molecule has 1 heterocycles. The number of rotatable bonds is 4. The van der Waals surface area contributed by atoms with Crippen LogP contribution in [-0.2, 0) is 0 Å². The minimum Gasteiger partial charge on any atom is -0.494 e. The second-order valence-electron chi connectivity index (χ2n) is 4.91. The lowest BCUT2D eigenvalue weighted by molar-refractivity contribution is 0.317. The first-order chi connectivity index (χ1) is 8.20. The molecule has 94 valence electrons. The fourth-order valence-electron chi connectivity index (χ4n) is 2.42. The van der Waals surface area contributed by atoms with E-state index in [1.807, 2.05) is 0 Å². The zero-order valence-electron chi connectivity index (χ0n) is 10.7. The molecule has 0 spiro atoms. The number of nitrogens with two attached hydrogens (primary N) is 1. The molecule has 3 heteroatoms. The molecule has 0 aromatic heterocycles. The van der Waals surface area contributed by atoms with Gasteiger partial charge in [-0.05, 0) is 31.2 Å². The highest BCUT2D eigenvalue weighted by Crippen LogP contribution is 2.27. The average Bonchev–Trinajstić information content (AvgIpc) is 2.66. The van der Waals surface area contributed by atoms with Gasteiger partial charge in [-0.15, -0.1) is 0 Å². The monoisotopic (exact) mass is 234 g/mol. The quantitative estimate of drug-likeness (QED) is 0.864. The van der Waals surface area contributed by atoms with Crippen LogP contribution in [0.25, 0.3) is 0 Å². The van der Waals surface area contributed by atoms with Gasteiger partial charge in [-0.25, -0.2) is 0 Å². The topological polar surface area (TPSA) is 38.5 Å². The van der Waals surface area contributed by atoms with Crippen molar-refractivity contribution in [3.8, 4) is 5.75 Å². The van der Waals surface area contributed by atoms with Crippen molar-refractivity contribution in [3.63, 3.8) is 0 Å². The fourth-order valence-corrected chi connectivity index (χ4v) is 2.42. The molecule has 1 aliphatic rings. The molecule has 2 N–H and O–H groups in total. The number of likely N-dealkylation sites (N-methyl/N-ethyl adjacent to an activating group) is 1. The van der Waals surface area contributed by atoms with Crippen molar-refractivity contribution < 1.29 is 4.74 Å². The second-order valence-corrected chi connectivity index (χ2v) is 4.91. The zero-order valence-corrected chi connectivity index (χ0v) is 10.7. The molecule has 0 radical (unpaired) electrons. The van der Waals surface area contributed by atoms with E-state index in [1.165, 1.54) is 5.56 Å². The third-order valence-corrected chi connectivity index (χ3v) is 3.33. The molecule has 0 amide bonds. The van der Waals surface area contributed by atoms with Gasteiger partial charge < -0.3 is 15.4 Å². The SMILES string of the molecule is CCCOc1ccc([C@H]2CN(C)C[C@@H]2N)cc1. The van der Waals surface area contributed by atoms with Gasteiger partial charge in [0.15, 0.2) is 0 Å². The highest BCUT2D eigenvalue weighted by molar-refractivity contribution is 5.31. The summed E-state index contributed by atoms with van der Waals surface area (Å²) in [4.78, 5) is 2.29. The minimum absolute atomic E-state index is 0.252. The van der Waals surface area contributed by atoms with Gasteiger partial charge in [-0.3, -0.25) is 0 Å². The van der Waals surface area contributed by atoms with Gasteiger partial charge in [-0.2, -0.15) is 0 Å². The molecular weight excluding hydrogens is 212 g/mol. The number of hydrogen-bond acceptors (Lipinski definition) is 3. The molecule has 17 heavy (non-hydrogen) atoms. The Bertz CT molecular complexity index is 350. The van der Waals surface area contributed by atoms with E-state index in [4.69, 9.17) is 10.5 Å². The third-order valence-electron chi connectivity index (χ3n) is 3.33. The molecule has 1 aliphatic heterocycles. The summed E-state index contributed by atoms with van der Waals surface area (Å²) in [5.41, 5.74) is 7.47. The van der Waals surface area contributed by atoms with Crippen LogP contribution in [0.1, 0.15) is 24.8 Å². The van der Waals surface area contributed by atoms with Crippen LogP contribution in [0.15, 0.2) is 24.3 Å². The minimum atomic E-state index is 0.252. The molecular formula is C14H22N2O. The van der Waals surface area contributed by atoms with Crippen LogP contribution >= 0.6 is 0 Å². The van der Waals surface area contributed by atoms with Crippen LogP contribution in [0.3, 0.4) is 0 Å². The van der Waals surface area contributed by atoms with Crippen LogP contribution in [0.2, 0.25) is 0 Å². The standard InChI is InChI=1S/C14H22N2O/c1-3-8-17-12-6-4-11(5-7-12)13-9-16(2)10-14(13)15/h4-7,13-14H,3,8-10,15H2,1-2H3/t13-,14+/m1/s1. The normalized spacial score (nSPS) is 25.1. The molecule has 0 bridgehead atoms. The van der Waals surface area contributed by atoms with Crippen LogP contribution in [-0.4, -0.2) is 37.7 Å². The Morgan fingerprint density at radius 3 is 2.53 bits per heavy atom. The predicted molar refractivity (Wildman–Crippen MR) is 70.4 cm³/mol. The van der Waals surface area contributed by atoms with E-state index in [2.05, 4.69) is 43.1 Å². The summed E-state index contributed by atoms with van der Waals surface area (Å²) < 4.78 is 5.58. The molecule has 1 aromatic carbocycles. The molecule has 2 rings (SSSR count). The Morgan fingerprint density at radius 1 is 1.29 bits per heavy atom.